The summed E-state index contributed by atoms with van der Waals surface area (Å²) in [6.45, 7) is 2.82. The summed E-state index contributed by atoms with van der Waals surface area (Å²) < 4.78 is 19.8. The van der Waals surface area contributed by atoms with Gasteiger partial charge in [0, 0.05) is 23.1 Å². The van der Waals surface area contributed by atoms with E-state index in [0.717, 1.165) is 11.4 Å². The lowest BCUT2D eigenvalue weighted by atomic mass is 10.2. The van der Waals surface area contributed by atoms with Crippen molar-refractivity contribution in [3.05, 3.63) is 52.8 Å². The van der Waals surface area contributed by atoms with Crippen LogP contribution in [0.2, 0.25) is 0 Å². The van der Waals surface area contributed by atoms with E-state index in [1.165, 1.54) is 12.1 Å². The molecule has 3 amide bonds. The molecular weight excluding hydrogens is 417 g/mol. The Morgan fingerprint density at radius 3 is 2.70 bits per heavy atom. The van der Waals surface area contributed by atoms with E-state index in [1.54, 1.807) is 23.1 Å². The van der Waals surface area contributed by atoms with E-state index in [0.29, 0.717) is 17.6 Å². The fraction of sp³-hybridized carbons (Fsp3) is 0.263. The van der Waals surface area contributed by atoms with Crippen molar-refractivity contribution >= 4 is 39.2 Å². The van der Waals surface area contributed by atoms with Crippen LogP contribution in [0.25, 0.3) is 0 Å². The summed E-state index contributed by atoms with van der Waals surface area (Å²) in [4.78, 5) is 26.0. The fourth-order valence-corrected chi connectivity index (χ4v) is 3.21. The first kappa shape index (κ1) is 19.2. The van der Waals surface area contributed by atoms with Crippen LogP contribution in [0.15, 0.2) is 46.9 Å². The average Bonchev–Trinajstić information content (AvgIpc) is 2.98. The third-order valence-electron chi connectivity index (χ3n) is 4.10. The van der Waals surface area contributed by atoms with Crippen molar-refractivity contribution in [3.8, 4) is 5.75 Å². The first-order valence-electron chi connectivity index (χ1n) is 8.52. The van der Waals surface area contributed by atoms with E-state index in [1.807, 2.05) is 19.1 Å². The van der Waals surface area contributed by atoms with Gasteiger partial charge in [-0.25, -0.2) is 9.18 Å². The van der Waals surface area contributed by atoms with Crippen LogP contribution in [0.1, 0.15) is 13.3 Å². The molecule has 1 atom stereocenters. The Hall–Kier alpha value is -2.61. The Balaban J connectivity index is 1.59. The minimum atomic E-state index is -0.553. The predicted octanol–water partition coefficient (Wildman–Crippen LogP) is 3.91. The number of nitrogens with zero attached hydrogens (tertiary/aromatic N) is 1. The number of benzene rings is 2. The summed E-state index contributed by atoms with van der Waals surface area (Å²) in [7, 11) is 0. The van der Waals surface area contributed by atoms with E-state index < -0.39 is 11.8 Å². The molecule has 8 heteroatoms. The van der Waals surface area contributed by atoms with Crippen molar-refractivity contribution in [1.29, 1.82) is 0 Å². The molecule has 0 saturated carbocycles. The van der Waals surface area contributed by atoms with Gasteiger partial charge in [0.05, 0.1) is 18.3 Å². The van der Waals surface area contributed by atoms with Crippen LogP contribution in [0, 0.1) is 5.82 Å². The Bertz CT molecular complexity index is 845. The van der Waals surface area contributed by atoms with Crippen molar-refractivity contribution in [2.75, 3.05) is 23.4 Å². The van der Waals surface area contributed by atoms with Gasteiger partial charge in [0.25, 0.3) is 0 Å². The van der Waals surface area contributed by atoms with Crippen LogP contribution < -0.4 is 20.3 Å². The lowest BCUT2D eigenvalue weighted by Crippen LogP contribution is -2.39. The molecule has 6 nitrogen and oxygen atoms in total. The molecule has 1 unspecified atom stereocenters. The molecule has 142 valence electrons. The second kappa shape index (κ2) is 8.39. The average molecular weight is 436 g/mol. The van der Waals surface area contributed by atoms with E-state index in [2.05, 4.69) is 26.6 Å². The zero-order valence-electron chi connectivity index (χ0n) is 14.7. The molecule has 2 N–H and O–H groups in total. The highest BCUT2D eigenvalue weighted by atomic mass is 79.9. The molecule has 1 heterocycles. The SMILES string of the molecule is CCOc1ccc(N2CC(NC(=O)Nc3ccc(Br)cc3F)CC2=O)cc1. The quantitative estimate of drug-likeness (QED) is 0.747. The smallest absolute Gasteiger partial charge is 0.319 e. The van der Waals surface area contributed by atoms with Crippen LogP contribution in [-0.4, -0.2) is 31.1 Å². The monoisotopic (exact) mass is 435 g/mol. The normalized spacial score (nSPS) is 16.3. The van der Waals surface area contributed by atoms with E-state index in [4.69, 9.17) is 4.74 Å². The first-order valence-corrected chi connectivity index (χ1v) is 9.31. The number of carbonyl (C=O) groups is 2. The maximum atomic E-state index is 13.8. The second-order valence-corrected chi connectivity index (χ2v) is 6.97. The molecule has 1 fully saturated rings. The number of hydrogen-bond acceptors (Lipinski definition) is 3. The Kier molecular flexibility index (Phi) is 5.95. The largest absolute Gasteiger partial charge is 0.494 e. The number of hydrogen-bond donors (Lipinski definition) is 2. The standard InChI is InChI=1S/C19H19BrFN3O3/c1-2-27-15-6-4-14(5-7-15)24-11-13(10-18(24)25)22-19(26)23-17-8-3-12(20)9-16(17)21/h3-9,13H,2,10-11H2,1H3,(H2,22,23,26). The van der Waals surface area contributed by atoms with Gasteiger partial charge < -0.3 is 20.3 Å². The van der Waals surface area contributed by atoms with Gasteiger partial charge in [-0.05, 0) is 49.4 Å². The Labute approximate surface area is 164 Å². The van der Waals surface area contributed by atoms with Crippen LogP contribution in [0.3, 0.4) is 0 Å². The highest BCUT2D eigenvalue weighted by Crippen LogP contribution is 2.24. The number of amides is 3. The zero-order chi connectivity index (χ0) is 19.4. The lowest BCUT2D eigenvalue weighted by molar-refractivity contribution is -0.117. The number of carbonyl (C=O) groups excluding carboxylic acids is 2. The highest BCUT2D eigenvalue weighted by Gasteiger charge is 2.31. The van der Waals surface area contributed by atoms with Crippen molar-refractivity contribution in [1.82, 2.24) is 5.32 Å². The molecule has 0 radical (unpaired) electrons. The highest BCUT2D eigenvalue weighted by molar-refractivity contribution is 9.10. The van der Waals surface area contributed by atoms with Gasteiger partial charge in [-0.15, -0.1) is 0 Å². The number of urea groups is 1. The molecule has 1 saturated heterocycles. The van der Waals surface area contributed by atoms with Gasteiger partial charge in [-0.1, -0.05) is 15.9 Å². The number of anilines is 2. The van der Waals surface area contributed by atoms with Crippen molar-refractivity contribution < 1.29 is 18.7 Å². The molecule has 2 aromatic carbocycles. The fourth-order valence-electron chi connectivity index (χ4n) is 2.88. The molecule has 0 aliphatic carbocycles. The Morgan fingerprint density at radius 2 is 2.04 bits per heavy atom. The van der Waals surface area contributed by atoms with Crippen molar-refractivity contribution in [2.24, 2.45) is 0 Å². The molecule has 1 aliphatic rings. The van der Waals surface area contributed by atoms with Gasteiger partial charge in [-0.3, -0.25) is 4.79 Å². The third kappa shape index (κ3) is 4.77. The Morgan fingerprint density at radius 1 is 1.30 bits per heavy atom. The molecule has 0 spiro atoms. The van der Waals surface area contributed by atoms with Gasteiger partial charge in [0.1, 0.15) is 11.6 Å². The summed E-state index contributed by atoms with van der Waals surface area (Å²) >= 11 is 3.16. The summed E-state index contributed by atoms with van der Waals surface area (Å²) in [6.07, 6.45) is 0.184. The van der Waals surface area contributed by atoms with Gasteiger partial charge in [-0.2, -0.15) is 0 Å². The molecule has 0 bridgehead atoms. The maximum Gasteiger partial charge on any atom is 0.319 e. The molecule has 27 heavy (non-hydrogen) atoms. The number of ether oxygens (including phenoxy) is 1. The summed E-state index contributed by atoms with van der Waals surface area (Å²) in [5.74, 6) is 0.107. The van der Waals surface area contributed by atoms with Crippen LogP contribution in [0.5, 0.6) is 5.75 Å². The van der Waals surface area contributed by atoms with E-state index in [9.17, 15) is 14.0 Å². The van der Waals surface area contributed by atoms with Gasteiger partial charge in [0.2, 0.25) is 5.91 Å². The van der Waals surface area contributed by atoms with E-state index >= 15 is 0 Å². The second-order valence-electron chi connectivity index (χ2n) is 6.05. The summed E-state index contributed by atoms with van der Waals surface area (Å²) in [6, 6.07) is 10.7. The first-order chi connectivity index (χ1) is 13.0. The van der Waals surface area contributed by atoms with Gasteiger partial charge in [0.15, 0.2) is 0 Å². The topological polar surface area (TPSA) is 70.7 Å². The number of halogens is 2. The minimum absolute atomic E-state index is 0.0726. The van der Waals surface area contributed by atoms with Crippen LogP contribution >= 0.6 is 15.9 Å². The van der Waals surface area contributed by atoms with Crippen molar-refractivity contribution in [3.63, 3.8) is 0 Å². The number of rotatable bonds is 5. The number of nitrogens with one attached hydrogen (secondary N) is 2. The maximum absolute atomic E-state index is 13.8. The van der Waals surface area contributed by atoms with Crippen LogP contribution in [0.4, 0.5) is 20.6 Å². The third-order valence-corrected chi connectivity index (χ3v) is 4.59. The summed E-state index contributed by atoms with van der Waals surface area (Å²) in [5.41, 5.74) is 0.815. The summed E-state index contributed by atoms with van der Waals surface area (Å²) in [5, 5.41) is 5.18. The van der Waals surface area contributed by atoms with Crippen molar-refractivity contribution in [2.45, 2.75) is 19.4 Å². The predicted molar refractivity (Wildman–Crippen MR) is 105 cm³/mol. The van der Waals surface area contributed by atoms with Gasteiger partial charge >= 0.3 is 6.03 Å². The molecule has 0 aromatic heterocycles. The molecular formula is C19H19BrFN3O3. The molecule has 3 rings (SSSR count). The zero-order valence-corrected chi connectivity index (χ0v) is 16.3. The van der Waals surface area contributed by atoms with E-state index in [-0.39, 0.29) is 24.1 Å². The lowest BCUT2D eigenvalue weighted by Gasteiger charge is -2.18. The van der Waals surface area contributed by atoms with Crippen LogP contribution in [-0.2, 0) is 4.79 Å². The molecule has 2 aromatic rings. The minimum Gasteiger partial charge on any atom is -0.494 e. The molecule has 1 aliphatic heterocycles.